The predicted octanol–water partition coefficient (Wildman–Crippen LogP) is 4.92. The molecular formula is C13H12Br2FNS. The van der Waals surface area contributed by atoms with Crippen LogP contribution in [0, 0.1) is 5.82 Å². The van der Waals surface area contributed by atoms with Gasteiger partial charge < -0.3 is 5.32 Å². The number of hydrogen-bond donors (Lipinski definition) is 1. The van der Waals surface area contributed by atoms with Gasteiger partial charge in [-0.3, -0.25) is 0 Å². The maximum Gasteiger partial charge on any atom is 0.124 e. The predicted molar refractivity (Wildman–Crippen MR) is 81.6 cm³/mol. The molecule has 1 aromatic heterocycles. The fraction of sp³-hybridized carbons (Fsp3) is 0.231. The van der Waals surface area contributed by atoms with Crippen molar-refractivity contribution in [2.75, 3.05) is 7.05 Å². The second kappa shape index (κ2) is 6.28. The lowest BCUT2D eigenvalue weighted by atomic mass is 10.0. The highest BCUT2D eigenvalue weighted by molar-refractivity contribution is 9.10. The molecule has 0 amide bonds. The molecule has 2 rings (SSSR count). The molecule has 18 heavy (non-hydrogen) atoms. The fourth-order valence-electron chi connectivity index (χ4n) is 1.82. The Morgan fingerprint density at radius 2 is 2.00 bits per heavy atom. The molecule has 1 aromatic carbocycles. The van der Waals surface area contributed by atoms with Crippen LogP contribution >= 0.6 is 43.2 Å². The summed E-state index contributed by atoms with van der Waals surface area (Å²) >= 11 is 8.47. The van der Waals surface area contributed by atoms with Gasteiger partial charge >= 0.3 is 0 Å². The lowest BCUT2D eigenvalue weighted by molar-refractivity contribution is 0.591. The van der Waals surface area contributed by atoms with Crippen molar-refractivity contribution in [1.29, 1.82) is 0 Å². The molecule has 1 unspecified atom stereocenters. The molecule has 0 aliphatic heterocycles. The minimum atomic E-state index is -0.207. The lowest BCUT2D eigenvalue weighted by Gasteiger charge is -2.14. The van der Waals surface area contributed by atoms with Gasteiger partial charge in [0, 0.05) is 25.2 Å². The van der Waals surface area contributed by atoms with E-state index in [1.807, 2.05) is 13.1 Å². The number of halogens is 3. The molecule has 0 bridgehead atoms. The van der Waals surface area contributed by atoms with Crippen LogP contribution in [0.25, 0.3) is 0 Å². The van der Waals surface area contributed by atoms with Gasteiger partial charge in [-0.05, 0) is 59.2 Å². The lowest BCUT2D eigenvalue weighted by Crippen LogP contribution is -2.17. The second-order valence-electron chi connectivity index (χ2n) is 3.99. The Kier molecular flexibility index (Phi) is 4.95. The summed E-state index contributed by atoms with van der Waals surface area (Å²) in [6.07, 6.45) is 0.764. The topological polar surface area (TPSA) is 12.0 Å². The van der Waals surface area contributed by atoms with Gasteiger partial charge in [-0.15, -0.1) is 11.3 Å². The van der Waals surface area contributed by atoms with Gasteiger partial charge in [0.2, 0.25) is 0 Å². The summed E-state index contributed by atoms with van der Waals surface area (Å²) in [6, 6.07) is 7.31. The molecule has 0 aliphatic carbocycles. The van der Waals surface area contributed by atoms with E-state index in [4.69, 9.17) is 0 Å². The van der Waals surface area contributed by atoms with Crippen molar-refractivity contribution in [2.45, 2.75) is 12.5 Å². The maximum absolute atomic E-state index is 13.3. The van der Waals surface area contributed by atoms with Gasteiger partial charge in [0.05, 0.1) is 0 Å². The van der Waals surface area contributed by atoms with Crippen molar-refractivity contribution < 1.29 is 4.39 Å². The van der Waals surface area contributed by atoms with Crippen molar-refractivity contribution in [3.05, 3.63) is 54.8 Å². The van der Waals surface area contributed by atoms with E-state index in [0.29, 0.717) is 0 Å². The van der Waals surface area contributed by atoms with Crippen LogP contribution in [0.2, 0.25) is 0 Å². The highest BCUT2D eigenvalue weighted by atomic mass is 79.9. The maximum atomic E-state index is 13.3. The monoisotopic (exact) mass is 391 g/mol. The van der Waals surface area contributed by atoms with Crippen molar-refractivity contribution in [2.24, 2.45) is 0 Å². The first-order valence-electron chi connectivity index (χ1n) is 5.44. The second-order valence-corrected chi connectivity index (χ2v) is 6.76. The average molecular weight is 393 g/mol. The molecule has 0 aliphatic rings. The summed E-state index contributed by atoms with van der Waals surface area (Å²) in [5.74, 6) is -0.207. The van der Waals surface area contributed by atoms with Gasteiger partial charge in [0.25, 0.3) is 0 Å². The normalized spacial score (nSPS) is 12.7. The van der Waals surface area contributed by atoms with Crippen LogP contribution in [0.3, 0.4) is 0 Å². The van der Waals surface area contributed by atoms with Crippen LogP contribution in [0.1, 0.15) is 16.5 Å². The van der Waals surface area contributed by atoms with Crippen LogP contribution < -0.4 is 5.32 Å². The van der Waals surface area contributed by atoms with Crippen molar-refractivity contribution in [1.82, 2.24) is 5.32 Å². The van der Waals surface area contributed by atoms with Crippen molar-refractivity contribution in [3.63, 3.8) is 0 Å². The molecule has 1 nitrogen and oxygen atoms in total. The van der Waals surface area contributed by atoms with Gasteiger partial charge in [-0.1, -0.05) is 15.9 Å². The molecule has 0 saturated carbocycles. The number of thiophene rings is 1. The first kappa shape index (κ1) is 14.2. The van der Waals surface area contributed by atoms with E-state index in [1.54, 1.807) is 17.4 Å². The standard InChI is InChI=1S/C13H12Br2FNS/c1-17-12(13-6-10(15)7-18-13)4-8-2-9(14)5-11(16)3-8/h2-3,5-7,12,17H,4H2,1H3. The van der Waals surface area contributed by atoms with E-state index in [0.717, 1.165) is 20.9 Å². The molecule has 2 aromatic rings. The first-order chi connectivity index (χ1) is 8.58. The van der Waals surface area contributed by atoms with Crippen LogP contribution in [-0.4, -0.2) is 7.05 Å². The molecule has 0 fully saturated rings. The zero-order valence-corrected chi connectivity index (χ0v) is 13.7. The highest BCUT2D eigenvalue weighted by Gasteiger charge is 2.13. The zero-order valence-electron chi connectivity index (χ0n) is 9.71. The Labute approximate surface area is 127 Å². The van der Waals surface area contributed by atoms with Crippen LogP contribution in [-0.2, 0) is 6.42 Å². The molecule has 0 spiro atoms. The Balaban J connectivity index is 2.20. The third-order valence-corrected chi connectivity index (χ3v) is 4.91. The fourth-order valence-corrected chi connectivity index (χ4v) is 3.89. The number of benzene rings is 1. The minimum absolute atomic E-state index is 0.204. The Morgan fingerprint density at radius 3 is 2.56 bits per heavy atom. The molecule has 0 saturated heterocycles. The zero-order chi connectivity index (χ0) is 13.1. The van der Waals surface area contributed by atoms with E-state index in [2.05, 4.69) is 48.6 Å². The van der Waals surface area contributed by atoms with E-state index in [-0.39, 0.29) is 11.9 Å². The summed E-state index contributed by atoms with van der Waals surface area (Å²) in [5, 5.41) is 5.33. The van der Waals surface area contributed by atoms with Crippen LogP contribution in [0.4, 0.5) is 4.39 Å². The Hall–Kier alpha value is -0.230. The van der Waals surface area contributed by atoms with Gasteiger partial charge in [-0.2, -0.15) is 0 Å². The number of hydrogen-bond acceptors (Lipinski definition) is 2. The van der Waals surface area contributed by atoms with Gasteiger partial charge in [0.1, 0.15) is 5.82 Å². The minimum Gasteiger partial charge on any atom is -0.312 e. The summed E-state index contributed by atoms with van der Waals surface area (Å²) in [6.45, 7) is 0. The molecule has 5 heteroatoms. The first-order valence-corrected chi connectivity index (χ1v) is 7.91. The van der Waals surface area contributed by atoms with Crippen LogP contribution in [0.5, 0.6) is 0 Å². The summed E-state index contributed by atoms with van der Waals surface area (Å²) in [5.41, 5.74) is 0.978. The van der Waals surface area contributed by atoms with E-state index in [9.17, 15) is 4.39 Å². The Bertz CT molecular complexity index is 521. The summed E-state index contributed by atoms with van der Waals surface area (Å²) in [7, 11) is 1.92. The number of likely N-dealkylation sites (N-methyl/N-ethyl adjacent to an activating group) is 1. The SMILES string of the molecule is CNC(Cc1cc(F)cc(Br)c1)c1cc(Br)cs1. The molecule has 96 valence electrons. The van der Waals surface area contributed by atoms with Crippen LogP contribution in [0.15, 0.2) is 38.6 Å². The number of nitrogens with one attached hydrogen (secondary N) is 1. The third-order valence-electron chi connectivity index (χ3n) is 2.64. The third kappa shape index (κ3) is 3.63. The molecule has 1 atom stereocenters. The van der Waals surface area contributed by atoms with E-state index >= 15 is 0 Å². The van der Waals surface area contributed by atoms with E-state index < -0.39 is 0 Å². The molecular weight excluding hydrogens is 381 g/mol. The quantitative estimate of drug-likeness (QED) is 0.778. The Morgan fingerprint density at radius 1 is 1.22 bits per heavy atom. The summed E-state index contributed by atoms with van der Waals surface area (Å²) < 4.78 is 15.2. The number of rotatable bonds is 4. The molecule has 1 heterocycles. The average Bonchev–Trinajstić information content (AvgIpc) is 2.71. The van der Waals surface area contributed by atoms with Crippen molar-refractivity contribution >= 4 is 43.2 Å². The van der Waals surface area contributed by atoms with Gasteiger partial charge in [0.15, 0.2) is 0 Å². The van der Waals surface area contributed by atoms with Gasteiger partial charge in [-0.25, -0.2) is 4.39 Å². The largest absolute Gasteiger partial charge is 0.312 e. The molecule has 1 N–H and O–H groups in total. The van der Waals surface area contributed by atoms with E-state index in [1.165, 1.54) is 10.9 Å². The molecule has 0 radical (unpaired) electrons. The summed E-state index contributed by atoms with van der Waals surface area (Å²) in [4.78, 5) is 1.24. The van der Waals surface area contributed by atoms with Crippen molar-refractivity contribution in [3.8, 4) is 0 Å². The smallest absolute Gasteiger partial charge is 0.124 e. The highest BCUT2D eigenvalue weighted by Crippen LogP contribution is 2.28.